The fourth-order valence-corrected chi connectivity index (χ4v) is 6.14. The number of nitrogens with zero attached hydrogens (tertiary/aromatic N) is 1. The Hall–Kier alpha value is -2.60. The molecule has 6 heteroatoms. The minimum Gasteiger partial charge on any atom is -0.493 e. The Kier molecular flexibility index (Phi) is 15.4. The summed E-state index contributed by atoms with van der Waals surface area (Å²) in [7, 11) is 0. The minimum atomic E-state index is -0.167. The quantitative estimate of drug-likeness (QED) is 0.152. The average molecular weight is 609 g/mol. The number of ether oxygens (including phenoxy) is 2. The van der Waals surface area contributed by atoms with Crippen molar-refractivity contribution in [1.82, 2.24) is 4.90 Å². The first-order valence-electron chi connectivity index (χ1n) is 16.6. The van der Waals surface area contributed by atoms with Gasteiger partial charge in [0, 0.05) is 24.0 Å². The van der Waals surface area contributed by atoms with Crippen LogP contribution in [0.5, 0.6) is 11.5 Å². The summed E-state index contributed by atoms with van der Waals surface area (Å²) in [5.41, 5.74) is 2.91. The molecule has 43 heavy (non-hydrogen) atoms. The van der Waals surface area contributed by atoms with E-state index in [-0.39, 0.29) is 17.9 Å². The normalized spacial score (nSPS) is 13.2. The summed E-state index contributed by atoms with van der Waals surface area (Å²) in [5, 5.41) is 3.05. The first-order chi connectivity index (χ1) is 20.8. The predicted molar refractivity (Wildman–Crippen MR) is 184 cm³/mol. The molecule has 0 unspecified atom stereocenters. The van der Waals surface area contributed by atoms with Gasteiger partial charge in [0.2, 0.25) is 0 Å². The Bertz CT molecular complexity index is 1140. The third-order valence-electron chi connectivity index (χ3n) is 7.87. The monoisotopic (exact) mass is 608 g/mol. The number of nitrogens with one attached hydrogen (secondary N) is 1. The van der Waals surface area contributed by atoms with E-state index in [1.54, 1.807) is 0 Å². The molecule has 1 aliphatic rings. The molecule has 0 saturated heterocycles. The van der Waals surface area contributed by atoms with Crippen molar-refractivity contribution in [2.24, 2.45) is 0 Å². The number of carbonyl (C=O) groups is 1. The molecule has 0 saturated carbocycles. The first kappa shape index (κ1) is 34.9. The fraction of sp³-hybridized carbons (Fsp3) is 0.595. The molecule has 1 N–H and O–H groups in total. The van der Waals surface area contributed by atoms with Crippen LogP contribution in [0, 0.1) is 0 Å². The highest BCUT2D eigenvalue weighted by atomic mass is 32.2. The second kappa shape index (κ2) is 18.9. The number of rotatable bonds is 20. The third-order valence-corrected chi connectivity index (χ3v) is 8.89. The number of thioether (sulfide) groups is 1. The van der Waals surface area contributed by atoms with E-state index >= 15 is 0 Å². The number of hydrogen-bond acceptors (Lipinski definition) is 5. The van der Waals surface area contributed by atoms with Crippen molar-refractivity contribution in [3.63, 3.8) is 0 Å². The van der Waals surface area contributed by atoms with Crippen LogP contribution >= 0.6 is 11.8 Å². The van der Waals surface area contributed by atoms with E-state index in [1.807, 2.05) is 48.2 Å². The summed E-state index contributed by atoms with van der Waals surface area (Å²) in [6.07, 6.45) is 18.2. The Morgan fingerprint density at radius 3 is 2.16 bits per heavy atom. The van der Waals surface area contributed by atoms with Gasteiger partial charge in [-0.25, -0.2) is 0 Å². The molecule has 0 fully saturated rings. The van der Waals surface area contributed by atoms with E-state index in [2.05, 4.69) is 57.1 Å². The Morgan fingerprint density at radius 2 is 1.53 bits per heavy atom. The molecule has 3 rings (SSSR count). The zero-order chi connectivity index (χ0) is 30.9. The number of amides is 1. The predicted octanol–water partition coefficient (Wildman–Crippen LogP) is 10.4. The zero-order valence-corrected chi connectivity index (χ0v) is 28.3. The van der Waals surface area contributed by atoms with Crippen molar-refractivity contribution in [2.75, 3.05) is 24.4 Å². The van der Waals surface area contributed by atoms with Crippen LogP contribution in [-0.2, 0) is 16.8 Å². The van der Waals surface area contributed by atoms with Gasteiger partial charge < -0.3 is 19.7 Å². The van der Waals surface area contributed by atoms with Crippen molar-refractivity contribution in [3.05, 3.63) is 64.7 Å². The molecule has 238 valence electrons. The van der Waals surface area contributed by atoms with Crippen LogP contribution in [0.1, 0.15) is 123 Å². The van der Waals surface area contributed by atoms with Crippen LogP contribution in [0.2, 0.25) is 0 Å². The molecule has 0 aliphatic carbocycles. The van der Waals surface area contributed by atoms with Gasteiger partial charge in [0.05, 0.1) is 12.5 Å². The van der Waals surface area contributed by atoms with Crippen molar-refractivity contribution < 1.29 is 14.3 Å². The molecule has 2 aromatic carbocycles. The van der Waals surface area contributed by atoms with Crippen molar-refractivity contribution >= 4 is 23.4 Å². The maximum absolute atomic E-state index is 12.8. The van der Waals surface area contributed by atoms with Gasteiger partial charge in [0.1, 0.15) is 11.5 Å². The number of unbranched alkanes of at least 4 members (excludes halogenated alkanes) is 11. The summed E-state index contributed by atoms with van der Waals surface area (Å²) in [6, 6.07) is 13.9. The lowest BCUT2D eigenvalue weighted by Crippen LogP contribution is -2.22. The number of anilines is 1. The number of benzene rings is 2. The lowest BCUT2D eigenvalue weighted by molar-refractivity contribution is -0.118. The highest BCUT2D eigenvalue weighted by Gasteiger charge is 2.21. The Balaban J connectivity index is 1.40. The molecule has 0 aromatic heterocycles. The van der Waals surface area contributed by atoms with Gasteiger partial charge in [-0.3, -0.25) is 4.79 Å². The van der Waals surface area contributed by atoms with Crippen LogP contribution in [0.3, 0.4) is 0 Å². The number of hydrogen-bond donors (Lipinski definition) is 1. The zero-order valence-electron chi connectivity index (χ0n) is 27.5. The van der Waals surface area contributed by atoms with E-state index in [4.69, 9.17) is 9.47 Å². The largest absolute Gasteiger partial charge is 0.493 e. The number of para-hydroxylation sites is 1. The molecule has 1 aliphatic heterocycles. The molecule has 1 amide bonds. The van der Waals surface area contributed by atoms with Gasteiger partial charge in [-0.15, -0.1) is 11.8 Å². The summed E-state index contributed by atoms with van der Waals surface area (Å²) < 4.78 is 12.2. The standard InChI is InChI=1S/C37H56N2O3S/c1-6-7-8-9-10-11-12-13-14-15-16-19-24-41-35-23-22-32(25-33(35)37(3,4)5)42-28-36(40)38-34-21-18-17-20-31(34)27-39-26-30(2)43-29-39/h17-18,20-23,25-26H,6-16,19,24,27-29H2,1-5H3,(H,38,40). The molecule has 0 spiro atoms. The molecule has 5 nitrogen and oxygen atoms in total. The van der Waals surface area contributed by atoms with Gasteiger partial charge in [0.15, 0.2) is 6.61 Å². The van der Waals surface area contributed by atoms with Crippen LogP contribution in [0.15, 0.2) is 53.6 Å². The van der Waals surface area contributed by atoms with Gasteiger partial charge >= 0.3 is 0 Å². The maximum Gasteiger partial charge on any atom is 0.262 e. The van der Waals surface area contributed by atoms with E-state index in [0.29, 0.717) is 5.75 Å². The summed E-state index contributed by atoms with van der Waals surface area (Å²) in [6.45, 7) is 12.4. The highest BCUT2D eigenvalue weighted by Crippen LogP contribution is 2.35. The van der Waals surface area contributed by atoms with Gasteiger partial charge in [-0.2, -0.15) is 0 Å². The lowest BCUT2D eigenvalue weighted by atomic mass is 9.86. The van der Waals surface area contributed by atoms with Gasteiger partial charge in [-0.1, -0.05) is 117 Å². The lowest BCUT2D eigenvalue weighted by Gasteiger charge is -2.24. The smallest absolute Gasteiger partial charge is 0.262 e. The van der Waals surface area contributed by atoms with E-state index in [1.165, 1.54) is 75.5 Å². The first-order valence-corrected chi connectivity index (χ1v) is 17.6. The highest BCUT2D eigenvalue weighted by molar-refractivity contribution is 8.03. The van der Waals surface area contributed by atoms with E-state index in [0.717, 1.165) is 48.0 Å². The second-order valence-corrected chi connectivity index (χ2v) is 14.1. The van der Waals surface area contributed by atoms with Gasteiger partial charge in [-0.05, 0) is 53.5 Å². The molecule has 0 bridgehead atoms. The number of allylic oxidation sites excluding steroid dienone is 1. The summed E-state index contributed by atoms with van der Waals surface area (Å²) in [4.78, 5) is 16.4. The third kappa shape index (κ3) is 13.3. The SMILES string of the molecule is CCCCCCCCCCCCCCOc1ccc(OCC(=O)Nc2ccccc2CN2C=C(C)SC2)cc1C(C)(C)C. The Labute approximate surface area is 266 Å². The summed E-state index contributed by atoms with van der Waals surface area (Å²) in [5.74, 6) is 2.36. The molecular weight excluding hydrogens is 552 g/mol. The molecule has 1 heterocycles. The van der Waals surface area contributed by atoms with Crippen LogP contribution in [-0.4, -0.2) is 29.9 Å². The maximum atomic E-state index is 12.8. The topological polar surface area (TPSA) is 50.8 Å². The van der Waals surface area contributed by atoms with E-state index in [9.17, 15) is 4.79 Å². The molecule has 0 radical (unpaired) electrons. The van der Waals surface area contributed by atoms with Crippen molar-refractivity contribution in [3.8, 4) is 11.5 Å². The fourth-order valence-electron chi connectivity index (χ4n) is 5.38. The average Bonchev–Trinajstić information content (AvgIpc) is 3.39. The summed E-state index contributed by atoms with van der Waals surface area (Å²) >= 11 is 1.84. The van der Waals surface area contributed by atoms with Crippen LogP contribution in [0.4, 0.5) is 5.69 Å². The molecule has 0 atom stereocenters. The Morgan fingerprint density at radius 1 is 0.884 bits per heavy atom. The number of carbonyl (C=O) groups excluding carboxylic acids is 1. The van der Waals surface area contributed by atoms with Crippen molar-refractivity contribution in [1.29, 1.82) is 0 Å². The van der Waals surface area contributed by atoms with Crippen LogP contribution < -0.4 is 14.8 Å². The molecular formula is C37H56N2O3S. The van der Waals surface area contributed by atoms with E-state index < -0.39 is 0 Å². The van der Waals surface area contributed by atoms with Crippen LogP contribution in [0.25, 0.3) is 0 Å². The molecule has 2 aromatic rings. The van der Waals surface area contributed by atoms with Crippen molar-refractivity contribution in [2.45, 2.75) is 124 Å². The second-order valence-electron chi connectivity index (χ2n) is 12.9. The van der Waals surface area contributed by atoms with Gasteiger partial charge in [0.25, 0.3) is 5.91 Å². The minimum absolute atomic E-state index is 0.0461.